The summed E-state index contributed by atoms with van der Waals surface area (Å²) < 4.78 is 0. The van der Waals surface area contributed by atoms with E-state index < -0.39 is 0 Å². The Morgan fingerprint density at radius 1 is 1.50 bits per heavy atom. The fourth-order valence-corrected chi connectivity index (χ4v) is 2.32. The minimum atomic E-state index is -0.238. The van der Waals surface area contributed by atoms with Crippen LogP contribution < -0.4 is 0 Å². The lowest BCUT2D eigenvalue weighted by atomic mass is 9.71. The zero-order chi connectivity index (χ0) is 10.8. The number of aliphatic hydroxyl groups excluding tert-OH is 1. The second-order valence-corrected chi connectivity index (χ2v) is 4.64. The molecule has 2 heteroatoms. The molecule has 0 bridgehead atoms. The number of carbonyl (C=O) groups excluding carboxylic acids is 1. The van der Waals surface area contributed by atoms with E-state index >= 15 is 0 Å². The van der Waals surface area contributed by atoms with Gasteiger partial charge in [-0.2, -0.15) is 0 Å². The normalized spacial score (nSPS) is 27.0. The van der Waals surface area contributed by atoms with Crippen LogP contribution in [0, 0.1) is 5.41 Å². The van der Waals surface area contributed by atoms with Crippen molar-refractivity contribution < 1.29 is 9.90 Å². The van der Waals surface area contributed by atoms with Crippen molar-refractivity contribution in [2.75, 3.05) is 0 Å². The van der Waals surface area contributed by atoms with Crippen LogP contribution in [0.5, 0.6) is 0 Å². The topological polar surface area (TPSA) is 37.3 Å². The van der Waals surface area contributed by atoms with Gasteiger partial charge in [0.15, 0.2) is 0 Å². The molecule has 0 aromatic heterocycles. The average molecular weight is 194 g/mol. The molecule has 0 fully saturated rings. The lowest BCUT2D eigenvalue weighted by molar-refractivity contribution is -0.104. The Hall–Kier alpha value is -0.890. The van der Waals surface area contributed by atoms with E-state index in [1.165, 1.54) is 17.2 Å². The van der Waals surface area contributed by atoms with Crippen molar-refractivity contribution in [3.8, 4) is 0 Å². The molecule has 1 atom stereocenters. The third kappa shape index (κ3) is 2.32. The van der Waals surface area contributed by atoms with E-state index in [1.54, 1.807) is 0 Å². The Morgan fingerprint density at radius 3 is 2.64 bits per heavy atom. The van der Waals surface area contributed by atoms with Crippen molar-refractivity contribution in [3.63, 3.8) is 0 Å². The van der Waals surface area contributed by atoms with Crippen LogP contribution in [0.4, 0.5) is 0 Å². The first-order valence-electron chi connectivity index (χ1n) is 4.97. The van der Waals surface area contributed by atoms with Gasteiger partial charge < -0.3 is 5.11 Å². The van der Waals surface area contributed by atoms with Crippen LogP contribution in [-0.4, -0.2) is 17.5 Å². The Morgan fingerprint density at radius 2 is 2.14 bits per heavy atom. The lowest BCUT2D eigenvalue weighted by Gasteiger charge is -2.35. The smallest absolute Gasteiger partial charge is 0.142 e. The molecule has 1 aliphatic rings. The summed E-state index contributed by atoms with van der Waals surface area (Å²) in [7, 11) is 0. The van der Waals surface area contributed by atoms with E-state index in [2.05, 4.69) is 13.8 Å². The van der Waals surface area contributed by atoms with Gasteiger partial charge in [-0.15, -0.1) is 0 Å². The van der Waals surface area contributed by atoms with Crippen LogP contribution in [0.3, 0.4) is 0 Å². The highest BCUT2D eigenvalue weighted by atomic mass is 16.3. The van der Waals surface area contributed by atoms with Crippen molar-refractivity contribution >= 4 is 6.29 Å². The number of allylic oxidation sites excluding steroid dienone is 3. The molecule has 0 saturated carbocycles. The maximum Gasteiger partial charge on any atom is 0.142 e. The number of hydrogen-bond donors (Lipinski definition) is 1. The standard InChI is InChI=1S/C12H18O2/c1-9-7-10(14)8-12(2,3)11(9)5-4-6-13/h4-6,10,14H,7-8H2,1-3H3/b5-4+. The Kier molecular flexibility index (Phi) is 3.27. The first-order valence-corrected chi connectivity index (χ1v) is 4.97. The highest BCUT2D eigenvalue weighted by Crippen LogP contribution is 2.40. The van der Waals surface area contributed by atoms with E-state index in [9.17, 15) is 9.90 Å². The van der Waals surface area contributed by atoms with Crippen molar-refractivity contribution in [2.24, 2.45) is 5.41 Å². The molecule has 1 unspecified atom stereocenters. The fraction of sp³-hybridized carbons (Fsp3) is 0.583. The Balaban J connectivity index is 3.02. The van der Waals surface area contributed by atoms with Crippen LogP contribution in [-0.2, 0) is 4.79 Å². The largest absolute Gasteiger partial charge is 0.393 e. The van der Waals surface area contributed by atoms with Gasteiger partial charge in [0.25, 0.3) is 0 Å². The number of aliphatic hydroxyl groups is 1. The number of hydrogen-bond acceptors (Lipinski definition) is 2. The second kappa shape index (κ2) is 4.09. The van der Waals surface area contributed by atoms with E-state index in [4.69, 9.17) is 0 Å². The number of rotatable bonds is 2. The summed E-state index contributed by atoms with van der Waals surface area (Å²) in [6, 6.07) is 0. The van der Waals surface area contributed by atoms with Gasteiger partial charge in [-0.3, -0.25) is 4.79 Å². The molecule has 0 radical (unpaired) electrons. The third-order valence-electron chi connectivity index (χ3n) is 2.82. The zero-order valence-corrected chi connectivity index (χ0v) is 9.08. The summed E-state index contributed by atoms with van der Waals surface area (Å²) in [6.07, 6.45) is 5.44. The number of aldehydes is 1. The van der Waals surface area contributed by atoms with Crippen molar-refractivity contribution in [1.29, 1.82) is 0 Å². The fourth-order valence-electron chi connectivity index (χ4n) is 2.32. The lowest BCUT2D eigenvalue weighted by Crippen LogP contribution is -2.28. The summed E-state index contributed by atoms with van der Waals surface area (Å²) in [5.41, 5.74) is 2.35. The Bertz CT molecular complexity index is 285. The van der Waals surface area contributed by atoms with Crippen LogP contribution in [0.15, 0.2) is 23.3 Å². The van der Waals surface area contributed by atoms with Crippen LogP contribution in [0.25, 0.3) is 0 Å². The van der Waals surface area contributed by atoms with Gasteiger partial charge in [0.1, 0.15) is 6.29 Å². The molecule has 0 spiro atoms. The van der Waals surface area contributed by atoms with Crippen molar-refractivity contribution in [2.45, 2.75) is 39.7 Å². The van der Waals surface area contributed by atoms with Crippen LogP contribution in [0.1, 0.15) is 33.6 Å². The quantitative estimate of drug-likeness (QED) is 0.540. The van der Waals surface area contributed by atoms with Gasteiger partial charge >= 0.3 is 0 Å². The van der Waals surface area contributed by atoms with Crippen LogP contribution in [0.2, 0.25) is 0 Å². The second-order valence-electron chi connectivity index (χ2n) is 4.64. The summed E-state index contributed by atoms with van der Waals surface area (Å²) >= 11 is 0. The van der Waals surface area contributed by atoms with E-state index in [-0.39, 0.29) is 11.5 Å². The first-order chi connectivity index (χ1) is 6.47. The van der Waals surface area contributed by atoms with Gasteiger partial charge in [-0.1, -0.05) is 25.5 Å². The molecule has 78 valence electrons. The number of carbonyl (C=O) groups is 1. The third-order valence-corrected chi connectivity index (χ3v) is 2.82. The summed E-state index contributed by atoms with van der Waals surface area (Å²) in [5.74, 6) is 0. The first kappa shape index (κ1) is 11.2. The molecule has 14 heavy (non-hydrogen) atoms. The molecule has 1 aliphatic carbocycles. The van der Waals surface area contributed by atoms with E-state index in [0.717, 1.165) is 19.1 Å². The molecule has 0 saturated heterocycles. The van der Waals surface area contributed by atoms with Crippen LogP contribution >= 0.6 is 0 Å². The molecule has 1 N–H and O–H groups in total. The Labute approximate surface area is 85.3 Å². The minimum absolute atomic E-state index is 0.0265. The van der Waals surface area contributed by atoms with Gasteiger partial charge in [0.05, 0.1) is 6.10 Å². The molecule has 0 amide bonds. The predicted octanol–water partition coefficient (Wildman–Crippen LogP) is 2.24. The summed E-state index contributed by atoms with van der Waals surface area (Å²) in [6.45, 7) is 6.22. The minimum Gasteiger partial charge on any atom is -0.393 e. The molecular weight excluding hydrogens is 176 g/mol. The molecule has 1 rings (SSSR count). The van der Waals surface area contributed by atoms with Crippen molar-refractivity contribution in [1.82, 2.24) is 0 Å². The molecule has 0 aliphatic heterocycles. The van der Waals surface area contributed by atoms with Gasteiger partial charge in [0, 0.05) is 0 Å². The molecule has 0 heterocycles. The molecular formula is C12H18O2. The monoisotopic (exact) mass is 194 g/mol. The van der Waals surface area contributed by atoms with E-state index in [0.29, 0.717) is 0 Å². The highest BCUT2D eigenvalue weighted by Gasteiger charge is 2.31. The highest BCUT2D eigenvalue weighted by molar-refractivity contribution is 5.66. The summed E-state index contributed by atoms with van der Waals surface area (Å²) in [5, 5.41) is 9.63. The van der Waals surface area contributed by atoms with Gasteiger partial charge in [-0.05, 0) is 36.8 Å². The molecule has 0 aromatic carbocycles. The SMILES string of the molecule is CC1=C(/C=C/C=O)C(C)(C)CC(O)C1. The zero-order valence-electron chi connectivity index (χ0n) is 9.08. The maximum atomic E-state index is 10.3. The van der Waals surface area contributed by atoms with Gasteiger partial charge in [-0.25, -0.2) is 0 Å². The molecule has 2 nitrogen and oxygen atoms in total. The van der Waals surface area contributed by atoms with E-state index in [1.807, 2.05) is 13.0 Å². The van der Waals surface area contributed by atoms with Gasteiger partial charge in [0.2, 0.25) is 0 Å². The maximum absolute atomic E-state index is 10.3. The predicted molar refractivity (Wildman–Crippen MR) is 56.9 cm³/mol. The average Bonchev–Trinajstić information content (AvgIpc) is 2.00. The molecule has 0 aromatic rings. The summed E-state index contributed by atoms with van der Waals surface area (Å²) in [4.78, 5) is 10.3. The van der Waals surface area contributed by atoms with Crippen molar-refractivity contribution in [3.05, 3.63) is 23.3 Å².